The zero-order chi connectivity index (χ0) is 21.0. The fourth-order valence-corrected chi connectivity index (χ4v) is 2.73. The molecule has 0 amide bonds. The molecule has 1 fully saturated rings. The quantitative estimate of drug-likeness (QED) is 0.428. The molecule has 1 heterocycles. The van der Waals surface area contributed by atoms with Crippen molar-refractivity contribution in [1.82, 2.24) is 0 Å². The normalized spacial score (nSPS) is 27.8. The number of ether oxygens (including phenoxy) is 3. The van der Waals surface area contributed by atoms with Crippen molar-refractivity contribution in [2.45, 2.75) is 77.2 Å². The number of rotatable bonds is 8. The number of carboxylic acid groups (broad SMARTS) is 1. The zero-order valence-electron chi connectivity index (χ0n) is 16.4. The van der Waals surface area contributed by atoms with Crippen molar-refractivity contribution in [3.63, 3.8) is 0 Å². The Labute approximate surface area is 163 Å². The number of aliphatic hydroxyl groups is 3. The molecule has 0 spiro atoms. The lowest BCUT2D eigenvalue weighted by atomic mass is 9.99. The van der Waals surface area contributed by atoms with Crippen molar-refractivity contribution in [2.75, 3.05) is 5.32 Å². The van der Waals surface area contributed by atoms with E-state index in [2.05, 4.69) is 5.32 Å². The number of nitrogens with one attached hydrogen (secondary N) is 1. The highest BCUT2D eigenvalue weighted by atomic mass is 16.7. The number of carbonyl (C=O) groups is 1. The van der Waals surface area contributed by atoms with Crippen LogP contribution in [0.2, 0.25) is 0 Å². The van der Waals surface area contributed by atoms with Gasteiger partial charge in [-0.2, -0.15) is 0 Å². The summed E-state index contributed by atoms with van der Waals surface area (Å²) in [7, 11) is 0. The fraction of sp³-hybridized carbons (Fsp3) is 0.632. The van der Waals surface area contributed by atoms with E-state index in [-0.39, 0.29) is 12.1 Å². The van der Waals surface area contributed by atoms with Crippen LogP contribution < -0.4 is 10.1 Å². The monoisotopic (exact) mass is 399 g/mol. The standard InChI is InChI=1S/C19H29NO8/c1-9(2)20-12-7-11(8-26-10(3)4)5-6-13(12)27-19-16(23)14(21)15(22)17(28-19)18(24)25/h5-7,9-10,14-17,19-23H,8H2,1-4H3,(H,24,25)/t14-,15+,16+,17-,19+/m0/s1. The first-order valence-corrected chi connectivity index (χ1v) is 9.20. The van der Waals surface area contributed by atoms with Crippen LogP contribution >= 0.6 is 0 Å². The molecule has 1 saturated heterocycles. The van der Waals surface area contributed by atoms with Crippen molar-refractivity contribution >= 4 is 11.7 Å². The molecule has 1 aliphatic heterocycles. The highest BCUT2D eigenvalue weighted by Gasteiger charge is 2.48. The minimum absolute atomic E-state index is 0.0694. The maximum Gasteiger partial charge on any atom is 0.335 e. The van der Waals surface area contributed by atoms with E-state index in [0.29, 0.717) is 18.0 Å². The van der Waals surface area contributed by atoms with Crippen molar-refractivity contribution in [3.8, 4) is 5.75 Å². The van der Waals surface area contributed by atoms with Gasteiger partial charge in [-0.15, -0.1) is 0 Å². The smallest absolute Gasteiger partial charge is 0.335 e. The average molecular weight is 399 g/mol. The van der Waals surface area contributed by atoms with Crippen molar-refractivity contribution in [1.29, 1.82) is 0 Å². The SMILES string of the molecule is CC(C)Nc1cc(COC(C)C)ccc1O[C@@H]1O[C@H](C(=O)O)[C@H](O)[C@H](O)[C@H]1O. The van der Waals surface area contributed by atoms with E-state index in [1.807, 2.05) is 33.8 Å². The van der Waals surface area contributed by atoms with Gasteiger partial charge in [-0.1, -0.05) is 6.07 Å². The first kappa shape index (κ1) is 22.4. The number of hydrogen-bond donors (Lipinski definition) is 5. The lowest BCUT2D eigenvalue weighted by Gasteiger charge is -2.38. The van der Waals surface area contributed by atoms with Crippen LogP contribution in [0.5, 0.6) is 5.75 Å². The van der Waals surface area contributed by atoms with Crippen LogP contribution in [0.4, 0.5) is 5.69 Å². The van der Waals surface area contributed by atoms with Crippen LogP contribution in [0.3, 0.4) is 0 Å². The molecule has 0 bridgehead atoms. The first-order chi connectivity index (χ1) is 13.1. The molecule has 158 valence electrons. The number of benzene rings is 1. The molecule has 28 heavy (non-hydrogen) atoms. The second-order valence-corrected chi connectivity index (χ2v) is 7.34. The number of aliphatic hydroxyl groups excluding tert-OH is 3. The summed E-state index contributed by atoms with van der Waals surface area (Å²) < 4.78 is 16.5. The molecule has 9 nitrogen and oxygen atoms in total. The summed E-state index contributed by atoms with van der Waals surface area (Å²) >= 11 is 0. The van der Waals surface area contributed by atoms with Gasteiger partial charge in [-0.3, -0.25) is 0 Å². The first-order valence-electron chi connectivity index (χ1n) is 9.20. The molecule has 0 aliphatic carbocycles. The summed E-state index contributed by atoms with van der Waals surface area (Å²) in [6.07, 6.45) is -8.23. The van der Waals surface area contributed by atoms with E-state index in [1.165, 1.54) is 0 Å². The third-order valence-electron chi connectivity index (χ3n) is 4.13. The minimum atomic E-state index is -1.77. The largest absolute Gasteiger partial charge is 0.479 e. The summed E-state index contributed by atoms with van der Waals surface area (Å²) in [4.78, 5) is 11.2. The highest BCUT2D eigenvalue weighted by Crippen LogP contribution is 2.31. The summed E-state index contributed by atoms with van der Waals surface area (Å²) in [6, 6.07) is 5.32. The second kappa shape index (κ2) is 9.53. The molecule has 0 radical (unpaired) electrons. The molecular weight excluding hydrogens is 370 g/mol. The molecule has 1 aromatic rings. The van der Waals surface area contributed by atoms with Crippen molar-refractivity contribution in [2.24, 2.45) is 0 Å². The summed E-state index contributed by atoms with van der Waals surface area (Å²) in [5.41, 5.74) is 1.50. The molecule has 5 N–H and O–H groups in total. The Morgan fingerprint density at radius 3 is 2.39 bits per heavy atom. The molecule has 0 unspecified atom stereocenters. The van der Waals surface area contributed by atoms with Gasteiger partial charge >= 0.3 is 5.97 Å². The Hall–Kier alpha value is -1.91. The maximum atomic E-state index is 11.2. The third-order valence-corrected chi connectivity index (χ3v) is 4.13. The molecule has 9 heteroatoms. The number of carboxylic acids is 1. The van der Waals surface area contributed by atoms with Crippen LogP contribution in [0, 0.1) is 0 Å². The van der Waals surface area contributed by atoms with Gasteiger partial charge in [0.15, 0.2) is 6.10 Å². The van der Waals surface area contributed by atoms with E-state index in [4.69, 9.17) is 19.3 Å². The Morgan fingerprint density at radius 1 is 1.14 bits per heavy atom. The maximum absolute atomic E-state index is 11.2. The van der Waals surface area contributed by atoms with Gasteiger partial charge in [0.2, 0.25) is 6.29 Å². The molecule has 5 atom stereocenters. The second-order valence-electron chi connectivity index (χ2n) is 7.34. The lowest BCUT2D eigenvalue weighted by Crippen LogP contribution is -2.61. The van der Waals surface area contributed by atoms with Crippen LogP contribution in [0.1, 0.15) is 33.3 Å². The minimum Gasteiger partial charge on any atom is -0.479 e. The van der Waals surface area contributed by atoms with Gasteiger partial charge in [0.25, 0.3) is 0 Å². The average Bonchev–Trinajstić information content (AvgIpc) is 2.61. The van der Waals surface area contributed by atoms with Gasteiger partial charge < -0.3 is 40.0 Å². The van der Waals surface area contributed by atoms with Gasteiger partial charge in [0.05, 0.1) is 18.4 Å². The zero-order valence-corrected chi connectivity index (χ0v) is 16.4. The van der Waals surface area contributed by atoms with Gasteiger partial charge in [0.1, 0.15) is 24.1 Å². The van der Waals surface area contributed by atoms with Crippen LogP contribution in [0.25, 0.3) is 0 Å². The van der Waals surface area contributed by atoms with Crippen molar-refractivity contribution < 1.29 is 39.4 Å². The van der Waals surface area contributed by atoms with Gasteiger partial charge in [-0.05, 0) is 45.4 Å². The van der Waals surface area contributed by atoms with Crippen LogP contribution in [-0.4, -0.2) is 69.2 Å². The van der Waals surface area contributed by atoms with E-state index in [1.54, 1.807) is 12.1 Å². The lowest BCUT2D eigenvalue weighted by molar-refractivity contribution is -0.271. The van der Waals surface area contributed by atoms with E-state index in [0.717, 1.165) is 5.56 Å². The van der Waals surface area contributed by atoms with Crippen molar-refractivity contribution in [3.05, 3.63) is 23.8 Å². The Morgan fingerprint density at radius 2 is 1.82 bits per heavy atom. The number of hydrogen-bond acceptors (Lipinski definition) is 8. The highest BCUT2D eigenvalue weighted by molar-refractivity contribution is 5.73. The fourth-order valence-electron chi connectivity index (χ4n) is 2.73. The molecule has 0 saturated carbocycles. The summed E-state index contributed by atoms with van der Waals surface area (Å²) in [5.74, 6) is -1.16. The van der Waals surface area contributed by atoms with E-state index < -0.39 is 36.7 Å². The Balaban J connectivity index is 2.23. The predicted octanol–water partition coefficient (Wildman–Crippen LogP) is 0.703. The predicted molar refractivity (Wildman–Crippen MR) is 100 cm³/mol. The molecule has 1 aliphatic rings. The summed E-state index contributed by atoms with van der Waals surface area (Å²) in [5, 5.41) is 42.2. The van der Waals surface area contributed by atoms with Crippen LogP contribution in [-0.2, 0) is 20.9 Å². The van der Waals surface area contributed by atoms with E-state index in [9.17, 15) is 20.1 Å². The number of aliphatic carboxylic acids is 1. The van der Waals surface area contributed by atoms with Gasteiger partial charge in [0, 0.05) is 6.04 Å². The Kier molecular flexibility index (Phi) is 7.62. The molecule has 2 rings (SSSR count). The summed E-state index contributed by atoms with van der Waals surface area (Å²) in [6.45, 7) is 8.15. The van der Waals surface area contributed by atoms with E-state index >= 15 is 0 Å². The third kappa shape index (κ3) is 5.55. The molecule has 1 aromatic carbocycles. The van der Waals surface area contributed by atoms with Gasteiger partial charge in [-0.25, -0.2) is 4.79 Å². The molecule has 0 aromatic heterocycles. The Bertz CT molecular complexity index is 665. The van der Waals surface area contributed by atoms with Crippen LogP contribution in [0.15, 0.2) is 18.2 Å². The molecular formula is C19H29NO8. The number of anilines is 1. The topological polar surface area (TPSA) is 138 Å².